The van der Waals surface area contributed by atoms with Gasteiger partial charge in [-0.25, -0.2) is 0 Å². The van der Waals surface area contributed by atoms with E-state index in [1.54, 1.807) is 0 Å². The normalized spacial score (nSPS) is 16.3. The van der Waals surface area contributed by atoms with Gasteiger partial charge in [-0.2, -0.15) is 0 Å². The molecule has 116 valence electrons. The Hall–Kier alpha value is -2.61. The van der Waals surface area contributed by atoms with E-state index in [1.165, 1.54) is 16.8 Å². The molecule has 0 fully saturated rings. The number of benzene rings is 2. The molecule has 2 nitrogen and oxygen atoms in total. The molecule has 1 aliphatic heterocycles. The fourth-order valence-electron chi connectivity index (χ4n) is 2.58. The lowest BCUT2D eigenvalue weighted by molar-refractivity contribution is 0.909. The number of allylic oxidation sites excluding steroid dienone is 2. The van der Waals surface area contributed by atoms with E-state index in [0.29, 0.717) is 5.92 Å². The van der Waals surface area contributed by atoms with E-state index in [9.17, 15) is 0 Å². The second kappa shape index (κ2) is 7.10. The minimum Gasteiger partial charge on any atom is -0.378 e. The van der Waals surface area contributed by atoms with Gasteiger partial charge in [0, 0.05) is 31.9 Å². The minimum atomic E-state index is 0.347. The van der Waals surface area contributed by atoms with Crippen LogP contribution in [0.4, 0.5) is 11.4 Å². The zero-order valence-corrected chi connectivity index (χ0v) is 13.7. The number of anilines is 1. The van der Waals surface area contributed by atoms with Crippen molar-refractivity contribution in [1.29, 1.82) is 0 Å². The molecular formula is C21H22N2. The van der Waals surface area contributed by atoms with Gasteiger partial charge < -0.3 is 4.90 Å². The van der Waals surface area contributed by atoms with Gasteiger partial charge in [0.1, 0.15) is 0 Å². The minimum absolute atomic E-state index is 0.347. The molecule has 1 aliphatic rings. The smallest absolute Gasteiger partial charge is 0.0698 e. The van der Waals surface area contributed by atoms with Gasteiger partial charge in [0.05, 0.1) is 5.69 Å². The molecule has 1 atom stereocenters. The van der Waals surface area contributed by atoms with Gasteiger partial charge in [0.2, 0.25) is 0 Å². The first kappa shape index (κ1) is 15.3. The molecule has 0 bridgehead atoms. The van der Waals surface area contributed by atoms with E-state index in [1.807, 2.05) is 12.3 Å². The van der Waals surface area contributed by atoms with Crippen LogP contribution in [0.15, 0.2) is 65.7 Å². The van der Waals surface area contributed by atoms with Crippen molar-refractivity contribution in [2.75, 3.05) is 19.0 Å². The Balaban J connectivity index is 1.63. The summed E-state index contributed by atoms with van der Waals surface area (Å²) in [7, 11) is 4.11. The molecule has 0 saturated heterocycles. The zero-order chi connectivity index (χ0) is 16.1. The standard InChI is InChI=1S/C21H22N2/c1-23(2)20-14-11-17(12-15-20)6-5-7-18-10-13-19-8-3-4-9-21(19)22-16-18/h3-6,8-16,18H,7H2,1-2H3. The van der Waals surface area contributed by atoms with Crippen LogP contribution in [0.5, 0.6) is 0 Å². The van der Waals surface area contributed by atoms with Crippen LogP contribution in [0.2, 0.25) is 0 Å². The molecule has 0 N–H and O–H groups in total. The lowest BCUT2D eigenvalue weighted by atomic mass is 10.0. The lowest BCUT2D eigenvalue weighted by Gasteiger charge is -2.11. The van der Waals surface area contributed by atoms with Crippen molar-refractivity contribution in [2.24, 2.45) is 10.9 Å². The van der Waals surface area contributed by atoms with Crippen molar-refractivity contribution in [3.63, 3.8) is 0 Å². The maximum atomic E-state index is 4.60. The Morgan fingerprint density at radius 2 is 1.83 bits per heavy atom. The fourth-order valence-corrected chi connectivity index (χ4v) is 2.58. The summed E-state index contributed by atoms with van der Waals surface area (Å²) in [6, 6.07) is 16.8. The van der Waals surface area contributed by atoms with Crippen LogP contribution in [-0.2, 0) is 0 Å². The first-order valence-electron chi connectivity index (χ1n) is 7.98. The molecule has 2 aromatic carbocycles. The number of fused-ring (bicyclic) bond motifs is 1. The summed E-state index contributed by atoms with van der Waals surface area (Å²) in [6.45, 7) is 0. The molecule has 2 aromatic rings. The van der Waals surface area contributed by atoms with Gasteiger partial charge in [-0.3, -0.25) is 4.99 Å². The first-order valence-corrected chi connectivity index (χ1v) is 7.98. The van der Waals surface area contributed by atoms with Crippen molar-refractivity contribution in [3.05, 3.63) is 71.8 Å². The van der Waals surface area contributed by atoms with Crippen LogP contribution in [0.1, 0.15) is 17.5 Å². The summed E-state index contributed by atoms with van der Waals surface area (Å²) in [5.41, 5.74) is 4.69. The second-order valence-electron chi connectivity index (χ2n) is 5.98. The zero-order valence-electron chi connectivity index (χ0n) is 13.7. The van der Waals surface area contributed by atoms with Gasteiger partial charge in [-0.05, 0) is 35.7 Å². The number of aliphatic imine (C=N–C) groups is 1. The van der Waals surface area contributed by atoms with Gasteiger partial charge >= 0.3 is 0 Å². The number of hydrogen-bond donors (Lipinski definition) is 0. The summed E-state index contributed by atoms with van der Waals surface area (Å²) in [4.78, 5) is 6.71. The average Bonchev–Trinajstić information content (AvgIpc) is 2.78. The van der Waals surface area contributed by atoms with Gasteiger partial charge in [0.15, 0.2) is 0 Å². The van der Waals surface area contributed by atoms with Crippen molar-refractivity contribution in [1.82, 2.24) is 0 Å². The predicted octanol–water partition coefficient (Wildman–Crippen LogP) is 5.20. The van der Waals surface area contributed by atoms with Crippen molar-refractivity contribution >= 4 is 29.7 Å². The molecule has 1 unspecified atom stereocenters. The predicted molar refractivity (Wildman–Crippen MR) is 102 cm³/mol. The highest BCUT2D eigenvalue weighted by Crippen LogP contribution is 2.24. The molecule has 0 saturated carbocycles. The van der Waals surface area contributed by atoms with E-state index in [2.05, 4.69) is 90.8 Å². The van der Waals surface area contributed by atoms with E-state index in [0.717, 1.165) is 12.1 Å². The summed E-state index contributed by atoms with van der Waals surface area (Å²) in [5, 5.41) is 0. The van der Waals surface area contributed by atoms with E-state index >= 15 is 0 Å². The summed E-state index contributed by atoms with van der Waals surface area (Å²) < 4.78 is 0. The topological polar surface area (TPSA) is 15.6 Å². The number of hydrogen-bond acceptors (Lipinski definition) is 2. The average molecular weight is 302 g/mol. The molecule has 3 rings (SSSR count). The van der Waals surface area contributed by atoms with Crippen molar-refractivity contribution in [2.45, 2.75) is 6.42 Å². The Morgan fingerprint density at radius 1 is 1.04 bits per heavy atom. The highest BCUT2D eigenvalue weighted by molar-refractivity contribution is 5.77. The quantitative estimate of drug-likeness (QED) is 0.757. The first-order chi connectivity index (χ1) is 11.2. The SMILES string of the molecule is CN(C)c1ccc(C=CCC2C=Cc3ccccc3N=C2)cc1. The maximum Gasteiger partial charge on any atom is 0.0698 e. The van der Waals surface area contributed by atoms with Gasteiger partial charge in [-0.15, -0.1) is 0 Å². The van der Waals surface area contributed by atoms with Crippen LogP contribution >= 0.6 is 0 Å². The molecule has 0 amide bonds. The Morgan fingerprint density at radius 3 is 2.61 bits per heavy atom. The molecule has 0 aromatic heterocycles. The van der Waals surface area contributed by atoms with Crippen LogP contribution in [0.25, 0.3) is 12.2 Å². The van der Waals surface area contributed by atoms with Crippen LogP contribution in [-0.4, -0.2) is 20.3 Å². The molecule has 0 radical (unpaired) electrons. The number of rotatable bonds is 4. The van der Waals surface area contributed by atoms with E-state index < -0.39 is 0 Å². The number of para-hydroxylation sites is 1. The van der Waals surface area contributed by atoms with Crippen molar-refractivity contribution < 1.29 is 0 Å². The highest BCUT2D eigenvalue weighted by Gasteiger charge is 2.05. The van der Waals surface area contributed by atoms with Gasteiger partial charge in [-0.1, -0.05) is 54.6 Å². The molecule has 0 spiro atoms. The molecule has 23 heavy (non-hydrogen) atoms. The Bertz CT molecular complexity index is 704. The molecule has 0 aliphatic carbocycles. The summed E-state index contributed by atoms with van der Waals surface area (Å²) >= 11 is 0. The second-order valence-corrected chi connectivity index (χ2v) is 5.98. The third-order valence-corrected chi connectivity index (χ3v) is 3.99. The Kier molecular flexibility index (Phi) is 4.72. The van der Waals surface area contributed by atoms with Crippen molar-refractivity contribution in [3.8, 4) is 0 Å². The molecule has 1 heterocycles. The Labute approximate surface area is 138 Å². The summed E-state index contributed by atoms with van der Waals surface area (Å²) in [6.07, 6.45) is 11.8. The highest BCUT2D eigenvalue weighted by atomic mass is 15.1. The van der Waals surface area contributed by atoms with Crippen LogP contribution < -0.4 is 4.90 Å². The van der Waals surface area contributed by atoms with Crippen LogP contribution in [0.3, 0.4) is 0 Å². The monoisotopic (exact) mass is 302 g/mol. The van der Waals surface area contributed by atoms with Gasteiger partial charge in [0.25, 0.3) is 0 Å². The number of nitrogens with zero attached hydrogens (tertiary/aromatic N) is 2. The van der Waals surface area contributed by atoms with E-state index in [4.69, 9.17) is 0 Å². The van der Waals surface area contributed by atoms with E-state index in [-0.39, 0.29) is 0 Å². The fraction of sp³-hybridized carbons (Fsp3) is 0.190. The molecule has 2 heteroatoms. The third kappa shape index (κ3) is 3.98. The largest absolute Gasteiger partial charge is 0.378 e. The molecular weight excluding hydrogens is 280 g/mol. The maximum absolute atomic E-state index is 4.60. The third-order valence-electron chi connectivity index (χ3n) is 3.99. The summed E-state index contributed by atoms with van der Waals surface area (Å²) in [5.74, 6) is 0.347. The van der Waals surface area contributed by atoms with Crippen LogP contribution in [0, 0.1) is 5.92 Å². The lowest BCUT2D eigenvalue weighted by Crippen LogP contribution is -2.07.